The molecule has 104 valence electrons. The normalized spacial score (nSPS) is 10.3. The summed E-state index contributed by atoms with van der Waals surface area (Å²) in [6.07, 6.45) is 0.494. The fourth-order valence-electron chi connectivity index (χ4n) is 1.63. The van der Waals surface area contributed by atoms with Gasteiger partial charge in [0.2, 0.25) is 5.91 Å². The van der Waals surface area contributed by atoms with Gasteiger partial charge in [-0.15, -0.1) is 11.8 Å². The fraction of sp³-hybridized carbons (Fsp3) is 0.188. The zero-order valence-corrected chi connectivity index (χ0v) is 12.8. The highest BCUT2D eigenvalue weighted by Crippen LogP contribution is 2.24. The monoisotopic (exact) mass is 305 g/mol. The van der Waals surface area contributed by atoms with Gasteiger partial charge in [0.05, 0.1) is 0 Å². The number of amides is 1. The summed E-state index contributed by atoms with van der Waals surface area (Å²) in [5, 5.41) is 3.59. The molecule has 0 radical (unpaired) electrons. The summed E-state index contributed by atoms with van der Waals surface area (Å²) >= 11 is 7.62. The van der Waals surface area contributed by atoms with Crippen molar-refractivity contribution in [2.24, 2.45) is 0 Å². The Hall–Kier alpha value is -1.45. The van der Waals surface area contributed by atoms with Crippen molar-refractivity contribution in [3.8, 4) is 0 Å². The van der Waals surface area contributed by atoms with Crippen LogP contribution in [0.25, 0.3) is 0 Å². The summed E-state index contributed by atoms with van der Waals surface area (Å²) < 4.78 is 0. The first-order chi connectivity index (χ1) is 9.67. The van der Waals surface area contributed by atoms with Gasteiger partial charge in [0.25, 0.3) is 0 Å². The summed E-state index contributed by atoms with van der Waals surface area (Å²) in [6, 6.07) is 15.8. The molecule has 2 rings (SSSR count). The van der Waals surface area contributed by atoms with Crippen LogP contribution in [0.4, 0.5) is 5.69 Å². The number of halogens is 1. The molecule has 1 amide bonds. The molecule has 0 fully saturated rings. The maximum Gasteiger partial charge on any atom is 0.224 e. The second-order valence-electron chi connectivity index (χ2n) is 4.34. The summed E-state index contributed by atoms with van der Waals surface area (Å²) in [5.41, 5.74) is 2.07. The Morgan fingerprint density at radius 2 is 1.75 bits per heavy atom. The van der Waals surface area contributed by atoms with Gasteiger partial charge >= 0.3 is 0 Å². The van der Waals surface area contributed by atoms with Crippen LogP contribution in [-0.4, -0.2) is 5.91 Å². The molecule has 0 heterocycles. The topological polar surface area (TPSA) is 29.1 Å². The lowest BCUT2D eigenvalue weighted by Crippen LogP contribution is -2.09. The summed E-state index contributed by atoms with van der Waals surface area (Å²) in [6.45, 7) is 1.84. The van der Waals surface area contributed by atoms with Gasteiger partial charge in [-0.2, -0.15) is 0 Å². The number of anilines is 1. The van der Waals surface area contributed by atoms with E-state index in [9.17, 15) is 4.79 Å². The molecule has 0 bridgehead atoms. The lowest BCUT2D eigenvalue weighted by atomic mass is 10.2. The molecule has 2 nitrogen and oxygen atoms in total. The minimum Gasteiger partial charge on any atom is -0.326 e. The standard InChI is InChI=1S/C16H16ClNOS/c1-2-16(19)18-14-7-3-12(4-8-14)11-20-15-9-5-13(17)6-10-15/h3-10H,2,11H2,1H3,(H,18,19). The zero-order chi connectivity index (χ0) is 14.4. The van der Waals surface area contributed by atoms with E-state index in [1.165, 1.54) is 10.5 Å². The summed E-state index contributed by atoms with van der Waals surface area (Å²) in [5.74, 6) is 0.928. The Kier molecular flexibility index (Phi) is 5.50. The van der Waals surface area contributed by atoms with E-state index in [-0.39, 0.29) is 5.91 Å². The number of hydrogen-bond donors (Lipinski definition) is 1. The lowest BCUT2D eigenvalue weighted by Gasteiger charge is -2.06. The van der Waals surface area contributed by atoms with Gasteiger partial charge in [-0.1, -0.05) is 30.7 Å². The molecule has 4 heteroatoms. The van der Waals surface area contributed by atoms with Gasteiger partial charge in [0.1, 0.15) is 0 Å². The number of rotatable bonds is 5. The Morgan fingerprint density at radius 1 is 1.10 bits per heavy atom. The first kappa shape index (κ1) is 14.9. The van der Waals surface area contributed by atoms with Crippen molar-refractivity contribution in [3.63, 3.8) is 0 Å². The molecule has 2 aromatic rings. The first-order valence-electron chi connectivity index (χ1n) is 6.44. The lowest BCUT2D eigenvalue weighted by molar-refractivity contribution is -0.115. The third-order valence-corrected chi connectivity index (χ3v) is 4.11. The largest absolute Gasteiger partial charge is 0.326 e. The minimum atomic E-state index is 0.0355. The number of nitrogens with one attached hydrogen (secondary N) is 1. The molecular formula is C16H16ClNOS. The van der Waals surface area contributed by atoms with Gasteiger partial charge in [-0.25, -0.2) is 0 Å². The molecule has 0 aliphatic heterocycles. The van der Waals surface area contributed by atoms with Gasteiger partial charge in [-0.3, -0.25) is 4.79 Å². The van der Waals surface area contributed by atoms with Crippen molar-refractivity contribution in [2.75, 3.05) is 5.32 Å². The summed E-state index contributed by atoms with van der Waals surface area (Å²) in [7, 11) is 0. The molecule has 0 saturated carbocycles. The molecule has 0 saturated heterocycles. The van der Waals surface area contributed by atoms with Crippen LogP contribution in [0.2, 0.25) is 5.02 Å². The third kappa shape index (κ3) is 4.58. The first-order valence-corrected chi connectivity index (χ1v) is 7.81. The molecule has 0 aromatic heterocycles. The van der Waals surface area contributed by atoms with E-state index < -0.39 is 0 Å². The highest BCUT2D eigenvalue weighted by molar-refractivity contribution is 7.98. The molecule has 0 aliphatic rings. The van der Waals surface area contributed by atoms with Crippen LogP contribution in [0, 0.1) is 0 Å². The van der Waals surface area contributed by atoms with Crippen molar-refractivity contribution in [3.05, 3.63) is 59.1 Å². The second-order valence-corrected chi connectivity index (χ2v) is 5.83. The van der Waals surface area contributed by atoms with Crippen LogP contribution in [0.3, 0.4) is 0 Å². The maximum absolute atomic E-state index is 11.3. The Morgan fingerprint density at radius 3 is 2.35 bits per heavy atom. The van der Waals surface area contributed by atoms with Crippen molar-refractivity contribution < 1.29 is 4.79 Å². The highest BCUT2D eigenvalue weighted by atomic mass is 35.5. The third-order valence-electron chi connectivity index (χ3n) is 2.78. The van der Waals surface area contributed by atoms with E-state index in [0.717, 1.165) is 16.5 Å². The smallest absolute Gasteiger partial charge is 0.224 e. The van der Waals surface area contributed by atoms with E-state index >= 15 is 0 Å². The van der Waals surface area contributed by atoms with Gasteiger partial charge < -0.3 is 5.32 Å². The summed E-state index contributed by atoms with van der Waals surface area (Å²) in [4.78, 5) is 12.5. The highest BCUT2D eigenvalue weighted by Gasteiger charge is 2.00. The van der Waals surface area contributed by atoms with Crippen LogP contribution < -0.4 is 5.32 Å². The van der Waals surface area contributed by atoms with Crippen molar-refractivity contribution in [1.29, 1.82) is 0 Å². The minimum absolute atomic E-state index is 0.0355. The predicted octanol–water partition coefficient (Wildman–Crippen LogP) is 4.98. The molecule has 0 atom stereocenters. The molecule has 20 heavy (non-hydrogen) atoms. The Bertz CT molecular complexity index is 566. The Labute approximate surface area is 128 Å². The predicted molar refractivity (Wildman–Crippen MR) is 86.4 cm³/mol. The van der Waals surface area contributed by atoms with E-state index in [1.54, 1.807) is 11.8 Å². The van der Waals surface area contributed by atoms with Crippen LogP contribution in [0.1, 0.15) is 18.9 Å². The van der Waals surface area contributed by atoms with Crippen LogP contribution >= 0.6 is 23.4 Å². The van der Waals surface area contributed by atoms with Gasteiger partial charge in [0.15, 0.2) is 0 Å². The molecule has 0 aliphatic carbocycles. The molecular weight excluding hydrogens is 290 g/mol. The van der Waals surface area contributed by atoms with Crippen LogP contribution in [-0.2, 0) is 10.5 Å². The fourth-order valence-corrected chi connectivity index (χ4v) is 2.61. The maximum atomic E-state index is 11.3. The number of carbonyl (C=O) groups excluding carboxylic acids is 1. The van der Waals surface area contributed by atoms with E-state index in [0.29, 0.717) is 6.42 Å². The molecule has 0 unspecified atom stereocenters. The van der Waals surface area contributed by atoms with E-state index in [1.807, 2.05) is 55.5 Å². The van der Waals surface area contributed by atoms with Crippen molar-refractivity contribution >= 4 is 35.0 Å². The quantitative estimate of drug-likeness (QED) is 0.789. The average Bonchev–Trinajstić information content (AvgIpc) is 2.48. The van der Waals surface area contributed by atoms with Crippen LogP contribution in [0.15, 0.2) is 53.4 Å². The molecule has 1 N–H and O–H groups in total. The van der Waals surface area contributed by atoms with Crippen molar-refractivity contribution in [1.82, 2.24) is 0 Å². The van der Waals surface area contributed by atoms with Gasteiger partial charge in [-0.05, 0) is 42.0 Å². The SMILES string of the molecule is CCC(=O)Nc1ccc(CSc2ccc(Cl)cc2)cc1. The number of carbonyl (C=O) groups is 1. The van der Waals surface area contributed by atoms with Crippen LogP contribution in [0.5, 0.6) is 0 Å². The zero-order valence-electron chi connectivity index (χ0n) is 11.2. The Balaban J connectivity index is 1.90. The van der Waals surface area contributed by atoms with Crippen molar-refractivity contribution in [2.45, 2.75) is 24.0 Å². The molecule has 0 spiro atoms. The molecule has 2 aromatic carbocycles. The average molecular weight is 306 g/mol. The number of hydrogen-bond acceptors (Lipinski definition) is 2. The van der Waals surface area contributed by atoms with E-state index in [2.05, 4.69) is 5.32 Å². The van der Waals surface area contributed by atoms with Gasteiger partial charge in [0, 0.05) is 27.8 Å². The number of benzene rings is 2. The second kappa shape index (κ2) is 7.36. The van der Waals surface area contributed by atoms with E-state index in [4.69, 9.17) is 11.6 Å². The number of thioether (sulfide) groups is 1.